The molecule has 104 valence electrons. The van der Waals surface area contributed by atoms with Gasteiger partial charge in [-0.1, -0.05) is 29.3 Å². The molecule has 0 aliphatic carbocycles. The number of rotatable bonds is 3. The molecular weight excluding hydrogens is 285 g/mol. The Morgan fingerprint density at radius 2 is 2.11 bits per heavy atom. The van der Waals surface area contributed by atoms with Gasteiger partial charge in [-0.15, -0.1) is 0 Å². The SMILES string of the molecule is CN1CCCN=C1NCC(O)c1c(Cl)cccc1Cl. The number of guanidine groups is 1. The minimum Gasteiger partial charge on any atom is -0.386 e. The molecule has 4 nitrogen and oxygen atoms in total. The minimum atomic E-state index is -0.765. The van der Waals surface area contributed by atoms with Crippen molar-refractivity contribution in [1.82, 2.24) is 10.2 Å². The van der Waals surface area contributed by atoms with Crippen molar-refractivity contribution in [3.8, 4) is 0 Å². The highest BCUT2D eigenvalue weighted by molar-refractivity contribution is 6.36. The van der Waals surface area contributed by atoms with Crippen LogP contribution in [0.5, 0.6) is 0 Å². The van der Waals surface area contributed by atoms with Crippen molar-refractivity contribution in [1.29, 1.82) is 0 Å². The summed E-state index contributed by atoms with van der Waals surface area (Å²) >= 11 is 12.1. The van der Waals surface area contributed by atoms with Gasteiger partial charge in [-0.05, 0) is 18.6 Å². The molecule has 0 aromatic heterocycles. The fraction of sp³-hybridized carbons (Fsp3) is 0.462. The third-order valence-corrected chi connectivity index (χ3v) is 3.72. The van der Waals surface area contributed by atoms with Crippen LogP contribution in [0, 0.1) is 0 Å². The van der Waals surface area contributed by atoms with E-state index >= 15 is 0 Å². The molecule has 0 saturated carbocycles. The third kappa shape index (κ3) is 3.53. The Kier molecular flexibility index (Phi) is 4.91. The summed E-state index contributed by atoms with van der Waals surface area (Å²) in [5, 5.41) is 14.3. The largest absolute Gasteiger partial charge is 0.386 e. The molecule has 1 heterocycles. The molecule has 1 aliphatic heterocycles. The summed E-state index contributed by atoms with van der Waals surface area (Å²) in [6.45, 7) is 2.11. The van der Waals surface area contributed by atoms with Crippen LogP contribution in [0.3, 0.4) is 0 Å². The second-order valence-electron chi connectivity index (χ2n) is 4.51. The van der Waals surface area contributed by atoms with Gasteiger partial charge in [0.05, 0.1) is 6.10 Å². The van der Waals surface area contributed by atoms with Crippen molar-refractivity contribution in [3.05, 3.63) is 33.8 Å². The van der Waals surface area contributed by atoms with Gasteiger partial charge < -0.3 is 15.3 Å². The number of hydrogen-bond donors (Lipinski definition) is 2. The molecule has 0 amide bonds. The van der Waals surface area contributed by atoms with E-state index in [1.54, 1.807) is 18.2 Å². The predicted octanol–water partition coefficient (Wildman–Crippen LogP) is 2.31. The summed E-state index contributed by atoms with van der Waals surface area (Å²) in [6, 6.07) is 5.19. The number of benzene rings is 1. The summed E-state index contributed by atoms with van der Waals surface area (Å²) in [5.41, 5.74) is 0.553. The molecule has 0 saturated heterocycles. The van der Waals surface area contributed by atoms with Crippen LogP contribution in [0.1, 0.15) is 18.1 Å². The van der Waals surface area contributed by atoms with E-state index in [1.165, 1.54) is 0 Å². The first-order valence-corrected chi connectivity index (χ1v) is 6.96. The van der Waals surface area contributed by atoms with Crippen LogP contribution in [0.15, 0.2) is 23.2 Å². The van der Waals surface area contributed by atoms with Crippen molar-refractivity contribution in [2.75, 3.05) is 26.7 Å². The van der Waals surface area contributed by atoms with Crippen LogP contribution in [0.4, 0.5) is 0 Å². The van der Waals surface area contributed by atoms with E-state index in [0.29, 0.717) is 22.2 Å². The maximum absolute atomic E-state index is 10.2. The molecule has 0 spiro atoms. The molecule has 1 unspecified atom stereocenters. The first-order valence-electron chi connectivity index (χ1n) is 6.21. The van der Waals surface area contributed by atoms with Crippen molar-refractivity contribution in [2.45, 2.75) is 12.5 Å². The Morgan fingerprint density at radius 1 is 1.42 bits per heavy atom. The average molecular weight is 302 g/mol. The predicted molar refractivity (Wildman–Crippen MR) is 79.0 cm³/mol. The Labute approximate surface area is 123 Å². The number of aliphatic imine (C=N–C) groups is 1. The lowest BCUT2D eigenvalue weighted by molar-refractivity contribution is 0.179. The lowest BCUT2D eigenvalue weighted by atomic mass is 10.1. The normalized spacial score (nSPS) is 17.1. The second-order valence-corrected chi connectivity index (χ2v) is 5.33. The molecule has 1 aliphatic rings. The summed E-state index contributed by atoms with van der Waals surface area (Å²) in [4.78, 5) is 6.41. The summed E-state index contributed by atoms with van der Waals surface area (Å²) < 4.78 is 0. The van der Waals surface area contributed by atoms with E-state index in [1.807, 2.05) is 11.9 Å². The van der Waals surface area contributed by atoms with E-state index in [4.69, 9.17) is 23.2 Å². The number of aliphatic hydroxyl groups excluding tert-OH is 1. The van der Waals surface area contributed by atoms with E-state index in [0.717, 1.165) is 25.5 Å². The van der Waals surface area contributed by atoms with Crippen LogP contribution in [0.25, 0.3) is 0 Å². The van der Waals surface area contributed by atoms with Gasteiger partial charge in [0.1, 0.15) is 0 Å². The minimum absolute atomic E-state index is 0.326. The average Bonchev–Trinajstić information content (AvgIpc) is 2.37. The van der Waals surface area contributed by atoms with Gasteiger partial charge in [0.25, 0.3) is 0 Å². The number of aliphatic hydroxyl groups is 1. The first-order chi connectivity index (χ1) is 9.09. The molecule has 0 bridgehead atoms. The smallest absolute Gasteiger partial charge is 0.193 e. The molecule has 19 heavy (non-hydrogen) atoms. The van der Waals surface area contributed by atoms with E-state index in [-0.39, 0.29) is 0 Å². The number of hydrogen-bond acceptors (Lipinski definition) is 4. The molecule has 1 aromatic carbocycles. The van der Waals surface area contributed by atoms with Gasteiger partial charge in [0, 0.05) is 42.3 Å². The van der Waals surface area contributed by atoms with Crippen molar-refractivity contribution in [3.63, 3.8) is 0 Å². The van der Waals surface area contributed by atoms with E-state index in [9.17, 15) is 5.11 Å². The van der Waals surface area contributed by atoms with Crippen LogP contribution < -0.4 is 5.32 Å². The zero-order chi connectivity index (χ0) is 13.8. The Balaban J connectivity index is 2.01. The molecule has 6 heteroatoms. The fourth-order valence-electron chi connectivity index (χ4n) is 2.03. The van der Waals surface area contributed by atoms with Crippen LogP contribution in [0.2, 0.25) is 10.0 Å². The maximum atomic E-state index is 10.2. The highest BCUT2D eigenvalue weighted by atomic mass is 35.5. The number of halogens is 2. The summed E-state index contributed by atoms with van der Waals surface area (Å²) in [5.74, 6) is 0.800. The molecule has 0 radical (unpaired) electrons. The second kappa shape index (κ2) is 6.46. The van der Waals surface area contributed by atoms with Crippen molar-refractivity contribution < 1.29 is 5.11 Å². The molecule has 2 rings (SSSR count). The third-order valence-electron chi connectivity index (χ3n) is 3.06. The highest BCUT2D eigenvalue weighted by Gasteiger charge is 2.17. The lowest BCUT2D eigenvalue weighted by Crippen LogP contribution is -2.43. The van der Waals surface area contributed by atoms with Gasteiger partial charge in [-0.2, -0.15) is 0 Å². The highest BCUT2D eigenvalue weighted by Crippen LogP contribution is 2.29. The Morgan fingerprint density at radius 3 is 2.74 bits per heavy atom. The summed E-state index contributed by atoms with van der Waals surface area (Å²) in [6.07, 6.45) is 0.292. The standard InChI is InChI=1S/C13H17Cl2N3O/c1-18-7-3-6-16-13(18)17-8-11(19)12-9(14)4-2-5-10(12)15/h2,4-5,11,19H,3,6-8H2,1H3,(H,16,17). The van der Waals surface area contributed by atoms with Gasteiger partial charge in [0.2, 0.25) is 0 Å². The van der Waals surface area contributed by atoms with E-state index in [2.05, 4.69) is 10.3 Å². The fourth-order valence-corrected chi connectivity index (χ4v) is 2.68. The zero-order valence-corrected chi connectivity index (χ0v) is 12.2. The topological polar surface area (TPSA) is 47.9 Å². The Bertz CT molecular complexity index is 459. The first kappa shape index (κ1) is 14.4. The van der Waals surface area contributed by atoms with Gasteiger partial charge in [0.15, 0.2) is 5.96 Å². The quantitative estimate of drug-likeness (QED) is 0.901. The number of nitrogens with zero attached hydrogens (tertiary/aromatic N) is 2. The van der Waals surface area contributed by atoms with Gasteiger partial charge in [-0.3, -0.25) is 4.99 Å². The number of nitrogens with one attached hydrogen (secondary N) is 1. The van der Waals surface area contributed by atoms with Crippen molar-refractivity contribution in [2.24, 2.45) is 4.99 Å². The summed E-state index contributed by atoms with van der Waals surface area (Å²) in [7, 11) is 1.97. The zero-order valence-electron chi connectivity index (χ0n) is 10.7. The van der Waals surface area contributed by atoms with E-state index < -0.39 is 6.10 Å². The van der Waals surface area contributed by atoms with Crippen LogP contribution in [-0.4, -0.2) is 42.6 Å². The van der Waals surface area contributed by atoms with Crippen LogP contribution >= 0.6 is 23.2 Å². The van der Waals surface area contributed by atoms with Crippen LogP contribution in [-0.2, 0) is 0 Å². The molecule has 0 fully saturated rings. The van der Waals surface area contributed by atoms with Crippen molar-refractivity contribution >= 4 is 29.2 Å². The van der Waals surface area contributed by atoms with Gasteiger partial charge >= 0.3 is 0 Å². The molecular formula is C13H17Cl2N3O. The van der Waals surface area contributed by atoms with Gasteiger partial charge in [-0.25, -0.2) is 0 Å². The Hall–Kier alpha value is -0.970. The molecule has 1 aromatic rings. The monoisotopic (exact) mass is 301 g/mol. The lowest BCUT2D eigenvalue weighted by Gasteiger charge is -2.26. The molecule has 2 N–H and O–H groups in total. The maximum Gasteiger partial charge on any atom is 0.193 e. The molecule has 1 atom stereocenters.